The third kappa shape index (κ3) is 4.32. The Morgan fingerprint density at radius 3 is 2.36 bits per heavy atom. The summed E-state index contributed by atoms with van der Waals surface area (Å²) in [6.07, 6.45) is 1.50. The molecule has 1 amide bonds. The van der Waals surface area contributed by atoms with Crippen molar-refractivity contribution in [1.82, 2.24) is 4.90 Å². The fraction of sp³-hybridized carbons (Fsp3) is 0.296. The molecule has 1 aliphatic rings. The second kappa shape index (κ2) is 9.25. The Morgan fingerprint density at radius 1 is 0.939 bits per heavy atom. The lowest BCUT2D eigenvalue weighted by atomic mass is 9.96. The van der Waals surface area contributed by atoms with Crippen LogP contribution in [0.1, 0.15) is 53.2 Å². The normalized spacial score (nSPS) is 15.7. The Morgan fingerprint density at radius 2 is 1.67 bits per heavy atom. The van der Waals surface area contributed by atoms with E-state index in [0.29, 0.717) is 24.8 Å². The van der Waals surface area contributed by atoms with Crippen LogP contribution in [0.15, 0.2) is 75.8 Å². The van der Waals surface area contributed by atoms with Gasteiger partial charge in [0.05, 0.1) is 31.2 Å². The van der Waals surface area contributed by atoms with Gasteiger partial charge in [-0.2, -0.15) is 0 Å². The maximum absolute atomic E-state index is 12.9. The van der Waals surface area contributed by atoms with Gasteiger partial charge in [-0.15, -0.1) is 0 Å². The molecular weight excluding hydrogens is 416 g/mol. The minimum absolute atomic E-state index is 0.158. The average Bonchev–Trinajstić information content (AvgIpc) is 3.50. The van der Waals surface area contributed by atoms with Gasteiger partial charge in [0, 0.05) is 18.5 Å². The van der Waals surface area contributed by atoms with E-state index in [1.807, 2.05) is 24.3 Å². The standard InChI is InChI=1S/C27H28N2O4/c1-18(2)19-9-11-20(12-10-19)25(29-13-16-31-17-14-29)26-24(21-6-3-4-7-22(21)33-26)28-27(30)23-8-5-15-32-23/h3-12,15,18,25H,13-14,16-17H2,1-2H3,(H,28,30)/t25-/m1/s1. The van der Waals surface area contributed by atoms with E-state index in [2.05, 4.69) is 48.3 Å². The van der Waals surface area contributed by atoms with E-state index in [4.69, 9.17) is 13.6 Å². The lowest BCUT2D eigenvalue weighted by Gasteiger charge is -2.34. The molecule has 0 bridgehead atoms. The summed E-state index contributed by atoms with van der Waals surface area (Å²) >= 11 is 0. The molecule has 0 unspecified atom stereocenters. The summed E-state index contributed by atoms with van der Waals surface area (Å²) in [5.41, 5.74) is 3.82. The van der Waals surface area contributed by atoms with Gasteiger partial charge in [-0.05, 0) is 41.3 Å². The number of hydrogen-bond donors (Lipinski definition) is 1. The van der Waals surface area contributed by atoms with Gasteiger partial charge in [0.2, 0.25) is 0 Å². The molecule has 1 fully saturated rings. The maximum atomic E-state index is 12.9. The molecule has 2 aromatic heterocycles. The fourth-order valence-corrected chi connectivity index (χ4v) is 4.40. The molecule has 6 nitrogen and oxygen atoms in total. The highest BCUT2D eigenvalue weighted by molar-refractivity contribution is 6.08. The number of para-hydroxylation sites is 1. The predicted molar refractivity (Wildman–Crippen MR) is 128 cm³/mol. The van der Waals surface area contributed by atoms with Crippen LogP contribution in [0.5, 0.6) is 0 Å². The van der Waals surface area contributed by atoms with E-state index in [1.54, 1.807) is 12.1 Å². The van der Waals surface area contributed by atoms with Crippen LogP contribution in [-0.4, -0.2) is 37.1 Å². The molecule has 1 atom stereocenters. The number of morpholine rings is 1. The topological polar surface area (TPSA) is 67.9 Å². The molecule has 6 heteroatoms. The van der Waals surface area contributed by atoms with Gasteiger partial charge in [0.1, 0.15) is 11.3 Å². The summed E-state index contributed by atoms with van der Waals surface area (Å²) < 4.78 is 17.4. The van der Waals surface area contributed by atoms with Crippen LogP contribution in [0.25, 0.3) is 11.0 Å². The first-order valence-corrected chi connectivity index (χ1v) is 11.4. The number of furan rings is 2. The summed E-state index contributed by atoms with van der Waals surface area (Å²) in [7, 11) is 0. The monoisotopic (exact) mass is 444 g/mol. The van der Waals surface area contributed by atoms with Gasteiger partial charge in [-0.1, -0.05) is 50.2 Å². The molecule has 0 spiro atoms. The number of nitrogens with one attached hydrogen (secondary N) is 1. The zero-order chi connectivity index (χ0) is 22.8. The van der Waals surface area contributed by atoms with Crippen LogP contribution in [0.2, 0.25) is 0 Å². The Labute approximate surface area is 193 Å². The number of anilines is 1. The van der Waals surface area contributed by atoms with Gasteiger partial charge in [0.25, 0.3) is 5.91 Å². The molecule has 0 radical (unpaired) electrons. The molecule has 0 saturated carbocycles. The fourth-order valence-electron chi connectivity index (χ4n) is 4.40. The highest BCUT2D eigenvalue weighted by Crippen LogP contribution is 2.41. The largest absolute Gasteiger partial charge is 0.459 e. The summed E-state index contributed by atoms with van der Waals surface area (Å²) in [6, 6.07) is 19.7. The average molecular weight is 445 g/mol. The molecular formula is C27H28N2O4. The summed E-state index contributed by atoms with van der Waals surface area (Å²) in [5, 5.41) is 3.94. The van der Waals surface area contributed by atoms with Crippen LogP contribution >= 0.6 is 0 Å². The van der Waals surface area contributed by atoms with Gasteiger partial charge in [0.15, 0.2) is 5.76 Å². The van der Waals surface area contributed by atoms with E-state index >= 15 is 0 Å². The number of nitrogens with zero attached hydrogens (tertiary/aromatic N) is 1. The van der Waals surface area contributed by atoms with Gasteiger partial charge < -0.3 is 18.9 Å². The number of amides is 1. The highest BCUT2D eigenvalue weighted by atomic mass is 16.5. The van der Waals surface area contributed by atoms with Crippen molar-refractivity contribution in [3.8, 4) is 0 Å². The summed E-state index contributed by atoms with van der Waals surface area (Å²) in [4.78, 5) is 15.3. The highest BCUT2D eigenvalue weighted by Gasteiger charge is 2.31. The van der Waals surface area contributed by atoms with Crippen molar-refractivity contribution in [2.24, 2.45) is 0 Å². The molecule has 5 rings (SSSR count). The van der Waals surface area contributed by atoms with Crippen LogP contribution in [0.3, 0.4) is 0 Å². The van der Waals surface area contributed by atoms with Crippen molar-refractivity contribution in [2.45, 2.75) is 25.8 Å². The number of carbonyl (C=O) groups is 1. The molecule has 0 aliphatic carbocycles. The third-order valence-corrected chi connectivity index (χ3v) is 6.18. The number of hydrogen-bond acceptors (Lipinski definition) is 5. The number of ether oxygens (including phenoxy) is 1. The summed E-state index contributed by atoms with van der Waals surface area (Å²) in [6.45, 7) is 7.26. The molecule has 4 aromatic rings. The van der Waals surface area contributed by atoms with Gasteiger partial charge in [-0.3, -0.25) is 9.69 Å². The van der Waals surface area contributed by atoms with Crippen molar-refractivity contribution >= 4 is 22.6 Å². The Bertz CT molecular complexity index is 1220. The van der Waals surface area contributed by atoms with Crippen LogP contribution < -0.4 is 5.32 Å². The SMILES string of the molecule is CC(C)c1ccc([C@H](c2oc3ccccc3c2NC(=O)c2ccco2)N2CCOCC2)cc1. The van der Waals surface area contributed by atoms with Crippen LogP contribution in [0, 0.1) is 0 Å². The molecule has 3 heterocycles. The molecule has 1 aliphatic heterocycles. The second-order valence-corrected chi connectivity index (χ2v) is 8.64. The lowest BCUT2D eigenvalue weighted by Crippen LogP contribution is -2.39. The number of carbonyl (C=O) groups excluding carboxylic acids is 1. The lowest BCUT2D eigenvalue weighted by molar-refractivity contribution is 0.0206. The minimum atomic E-state index is -0.302. The molecule has 170 valence electrons. The van der Waals surface area contributed by atoms with Crippen molar-refractivity contribution in [3.63, 3.8) is 0 Å². The first-order chi connectivity index (χ1) is 16.1. The van der Waals surface area contributed by atoms with E-state index < -0.39 is 0 Å². The van der Waals surface area contributed by atoms with Crippen molar-refractivity contribution in [1.29, 1.82) is 0 Å². The maximum Gasteiger partial charge on any atom is 0.291 e. The van der Waals surface area contributed by atoms with E-state index in [9.17, 15) is 4.79 Å². The Hall–Kier alpha value is -3.35. The molecule has 1 N–H and O–H groups in total. The van der Waals surface area contributed by atoms with Gasteiger partial charge in [-0.25, -0.2) is 0 Å². The van der Waals surface area contributed by atoms with Crippen molar-refractivity contribution < 1.29 is 18.4 Å². The van der Waals surface area contributed by atoms with Crippen LogP contribution in [0.4, 0.5) is 5.69 Å². The Balaban J connectivity index is 1.62. The van der Waals surface area contributed by atoms with Gasteiger partial charge >= 0.3 is 0 Å². The van der Waals surface area contributed by atoms with Crippen molar-refractivity contribution in [3.05, 3.63) is 89.6 Å². The number of benzene rings is 2. The van der Waals surface area contributed by atoms with E-state index in [1.165, 1.54) is 11.8 Å². The number of rotatable bonds is 6. The van der Waals surface area contributed by atoms with Crippen LogP contribution in [-0.2, 0) is 4.74 Å². The first kappa shape index (κ1) is 21.5. The molecule has 33 heavy (non-hydrogen) atoms. The van der Waals surface area contributed by atoms with Crippen molar-refractivity contribution in [2.75, 3.05) is 31.6 Å². The van der Waals surface area contributed by atoms with E-state index in [0.717, 1.165) is 35.4 Å². The zero-order valence-electron chi connectivity index (χ0n) is 18.9. The smallest absolute Gasteiger partial charge is 0.291 e. The second-order valence-electron chi connectivity index (χ2n) is 8.64. The summed E-state index contributed by atoms with van der Waals surface area (Å²) in [5.74, 6) is 1.13. The third-order valence-electron chi connectivity index (χ3n) is 6.18. The minimum Gasteiger partial charge on any atom is -0.459 e. The van der Waals surface area contributed by atoms with E-state index in [-0.39, 0.29) is 17.7 Å². The Kier molecular flexibility index (Phi) is 6.03. The quantitative estimate of drug-likeness (QED) is 0.406. The molecule has 1 saturated heterocycles. The zero-order valence-corrected chi connectivity index (χ0v) is 18.9. The number of fused-ring (bicyclic) bond motifs is 1. The molecule has 2 aromatic carbocycles. The predicted octanol–water partition coefficient (Wildman–Crippen LogP) is 5.82. The first-order valence-electron chi connectivity index (χ1n) is 11.4.